The average molecular weight is 537 g/mol. The van der Waals surface area contributed by atoms with Crippen LogP contribution in [0.5, 0.6) is 0 Å². The maximum absolute atomic E-state index is 14.4. The first-order valence-electron chi connectivity index (χ1n) is 13.7. The molecule has 1 saturated heterocycles. The van der Waals surface area contributed by atoms with E-state index in [-0.39, 0.29) is 18.0 Å². The summed E-state index contributed by atoms with van der Waals surface area (Å²) in [5.74, 6) is -0.0989. The second kappa shape index (κ2) is 11.3. The molecule has 0 amide bonds. The average Bonchev–Trinajstić information content (AvgIpc) is 3.56. The topological polar surface area (TPSA) is 70.0 Å². The van der Waals surface area contributed by atoms with Gasteiger partial charge in [0.25, 0.3) is 5.56 Å². The molecule has 0 spiro atoms. The number of anilines is 1. The number of fused-ring (bicyclic) bond motifs is 1. The van der Waals surface area contributed by atoms with Crippen LogP contribution in [-0.2, 0) is 20.6 Å². The van der Waals surface area contributed by atoms with Crippen LogP contribution < -0.4 is 10.5 Å². The molecule has 0 radical (unpaired) electrons. The van der Waals surface area contributed by atoms with Gasteiger partial charge in [0.05, 0.1) is 7.11 Å². The van der Waals surface area contributed by atoms with E-state index in [0.717, 1.165) is 48.1 Å². The van der Waals surface area contributed by atoms with Crippen LogP contribution in [0, 0.1) is 0 Å². The molecule has 0 bridgehead atoms. The van der Waals surface area contributed by atoms with Crippen molar-refractivity contribution in [1.82, 2.24) is 4.57 Å². The maximum atomic E-state index is 14.4. The van der Waals surface area contributed by atoms with Gasteiger partial charge in [0.15, 0.2) is 5.76 Å². The zero-order valence-electron chi connectivity index (χ0n) is 22.5. The Balaban J connectivity index is 1.67. The summed E-state index contributed by atoms with van der Waals surface area (Å²) in [7, 11) is 1.35. The summed E-state index contributed by atoms with van der Waals surface area (Å²) >= 11 is 0. The second-order valence-electron chi connectivity index (χ2n) is 10.2. The molecule has 4 aromatic rings. The third kappa shape index (κ3) is 4.83. The molecule has 2 aliphatic rings. The number of esters is 1. The lowest BCUT2D eigenvalue weighted by molar-refractivity contribution is 0.0575. The van der Waals surface area contributed by atoms with Gasteiger partial charge in [0.1, 0.15) is 18.0 Å². The maximum Gasteiger partial charge on any atom is 0.355 e. The largest absolute Gasteiger partial charge is 0.464 e. The van der Waals surface area contributed by atoms with E-state index in [1.807, 2.05) is 72.8 Å². The van der Waals surface area contributed by atoms with E-state index in [0.29, 0.717) is 23.1 Å². The number of carbonyl (C=O) groups is 1. The molecule has 7 heteroatoms. The van der Waals surface area contributed by atoms with E-state index in [1.54, 1.807) is 4.57 Å². The van der Waals surface area contributed by atoms with Gasteiger partial charge in [-0.3, -0.25) is 9.36 Å². The number of nitrogens with zero attached hydrogens (tertiary/aromatic N) is 2. The van der Waals surface area contributed by atoms with E-state index < -0.39 is 12.0 Å². The van der Waals surface area contributed by atoms with Crippen LogP contribution in [-0.4, -0.2) is 37.5 Å². The first-order chi connectivity index (χ1) is 19.7. The van der Waals surface area contributed by atoms with Crippen LogP contribution >= 0.6 is 0 Å². The molecule has 1 aromatic heterocycles. The van der Waals surface area contributed by atoms with Gasteiger partial charge in [-0.15, -0.1) is 0 Å². The summed E-state index contributed by atoms with van der Waals surface area (Å²) in [6, 6.07) is 24.9. The second-order valence-corrected chi connectivity index (χ2v) is 10.2. The van der Waals surface area contributed by atoms with Gasteiger partial charge in [-0.2, -0.15) is 0 Å². The van der Waals surface area contributed by atoms with E-state index in [4.69, 9.17) is 14.2 Å². The molecule has 0 N–H and O–H groups in total. The molecule has 40 heavy (non-hydrogen) atoms. The lowest BCUT2D eigenvalue weighted by Gasteiger charge is -2.30. The van der Waals surface area contributed by atoms with Crippen molar-refractivity contribution in [3.63, 3.8) is 0 Å². The Bertz CT molecular complexity index is 1610. The highest BCUT2D eigenvalue weighted by Gasteiger charge is 2.32. The highest BCUT2D eigenvalue weighted by Crippen LogP contribution is 2.37. The molecular formula is C33H32N2O5. The number of allylic oxidation sites excluding steroid dienone is 1. The SMILES string of the molecule is COC(=O)c1c(-c2ccccc2)c2cc(N3CCCCC3)ccc2c(=O)n1C(Cc1ccccc1)C1=COCO1. The molecule has 6 rings (SSSR count). The first kappa shape index (κ1) is 25.7. The summed E-state index contributed by atoms with van der Waals surface area (Å²) in [6.07, 6.45) is 5.45. The van der Waals surface area contributed by atoms with Gasteiger partial charge >= 0.3 is 5.97 Å². The molecule has 1 fully saturated rings. The summed E-state index contributed by atoms with van der Waals surface area (Å²) in [5, 5.41) is 1.26. The Kier molecular flexibility index (Phi) is 7.27. The number of pyridine rings is 1. The monoisotopic (exact) mass is 536 g/mol. The Hall–Kier alpha value is -4.52. The fraction of sp³-hybridized carbons (Fsp3) is 0.273. The highest BCUT2D eigenvalue weighted by atomic mass is 16.7. The minimum atomic E-state index is -0.625. The van der Waals surface area contributed by atoms with Gasteiger partial charge in [-0.1, -0.05) is 60.7 Å². The molecule has 3 aromatic carbocycles. The molecule has 0 aliphatic carbocycles. The molecular weight excluding hydrogens is 504 g/mol. The zero-order valence-corrected chi connectivity index (χ0v) is 22.5. The summed E-state index contributed by atoms with van der Waals surface area (Å²) in [4.78, 5) is 30.5. The number of benzene rings is 3. The van der Waals surface area contributed by atoms with Crippen molar-refractivity contribution in [3.05, 3.63) is 112 Å². The molecule has 1 unspecified atom stereocenters. The molecule has 7 nitrogen and oxygen atoms in total. The van der Waals surface area contributed by atoms with Crippen molar-refractivity contribution in [1.29, 1.82) is 0 Å². The quantitative estimate of drug-likeness (QED) is 0.267. The van der Waals surface area contributed by atoms with Crippen LogP contribution in [0.1, 0.15) is 41.4 Å². The highest BCUT2D eigenvalue weighted by molar-refractivity contribution is 6.07. The molecule has 1 atom stereocenters. The summed E-state index contributed by atoms with van der Waals surface area (Å²) in [5.41, 5.74) is 3.45. The molecule has 3 heterocycles. The van der Waals surface area contributed by atoms with Crippen molar-refractivity contribution in [2.24, 2.45) is 0 Å². The summed E-state index contributed by atoms with van der Waals surface area (Å²) < 4.78 is 18.2. The predicted molar refractivity (Wildman–Crippen MR) is 155 cm³/mol. The minimum Gasteiger partial charge on any atom is -0.464 e. The molecule has 204 valence electrons. The summed E-state index contributed by atoms with van der Waals surface area (Å²) in [6.45, 7) is 2.00. The van der Waals surface area contributed by atoms with Crippen molar-refractivity contribution in [3.8, 4) is 11.1 Å². The lowest BCUT2D eigenvalue weighted by atomic mass is 9.94. The first-order valence-corrected chi connectivity index (χ1v) is 13.7. The smallest absolute Gasteiger partial charge is 0.355 e. The Labute approximate surface area is 233 Å². The number of hydrogen-bond acceptors (Lipinski definition) is 6. The number of aromatic nitrogens is 1. The van der Waals surface area contributed by atoms with Gasteiger partial charge in [0, 0.05) is 36.1 Å². The molecule has 0 saturated carbocycles. The van der Waals surface area contributed by atoms with E-state index in [9.17, 15) is 9.59 Å². The van der Waals surface area contributed by atoms with Crippen LogP contribution in [0.15, 0.2) is 95.7 Å². The number of methoxy groups -OCH3 is 1. The van der Waals surface area contributed by atoms with Crippen molar-refractivity contribution < 1.29 is 19.0 Å². The van der Waals surface area contributed by atoms with Crippen molar-refractivity contribution >= 4 is 22.4 Å². The lowest BCUT2D eigenvalue weighted by Crippen LogP contribution is -2.34. The van der Waals surface area contributed by atoms with Crippen molar-refractivity contribution in [2.75, 3.05) is 31.9 Å². The third-order valence-electron chi connectivity index (χ3n) is 7.77. The van der Waals surface area contributed by atoms with Crippen LogP contribution in [0.25, 0.3) is 21.9 Å². The third-order valence-corrected chi connectivity index (χ3v) is 7.77. The Morgan fingerprint density at radius 1 is 0.925 bits per heavy atom. The Morgan fingerprint density at radius 2 is 1.65 bits per heavy atom. The zero-order chi connectivity index (χ0) is 27.5. The normalized spacial score (nSPS) is 15.7. The number of piperidine rings is 1. The van der Waals surface area contributed by atoms with Gasteiger partial charge in [-0.25, -0.2) is 4.79 Å². The van der Waals surface area contributed by atoms with Crippen LogP contribution in [0.3, 0.4) is 0 Å². The van der Waals surface area contributed by atoms with Crippen molar-refractivity contribution in [2.45, 2.75) is 31.7 Å². The fourth-order valence-electron chi connectivity index (χ4n) is 5.83. The predicted octanol–water partition coefficient (Wildman–Crippen LogP) is 6.07. The number of ether oxygens (including phenoxy) is 3. The van der Waals surface area contributed by atoms with Crippen LogP contribution in [0.2, 0.25) is 0 Å². The Morgan fingerprint density at radius 3 is 2.33 bits per heavy atom. The van der Waals surface area contributed by atoms with E-state index >= 15 is 0 Å². The van der Waals surface area contributed by atoms with Gasteiger partial charge in [0.2, 0.25) is 6.79 Å². The number of rotatable bonds is 7. The van der Waals surface area contributed by atoms with Crippen LogP contribution in [0.4, 0.5) is 5.69 Å². The van der Waals surface area contributed by atoms with Gasteiger partial charge < -0.3 is 19.1 Å². The van der Waals surface area contributed by atoms with Gasteiger partial charge in [-0.05, 0) is 54.0 Å². The van der Waals surface area contributed by atoms with E-state index in [1.165, 1.54) is 19.8 Å². The fourth-order valence-corrected chi connectivity index (χ4v) is 5.83. The standard InChI is InChI=1S/C33H32N2O5/c1-38-33(37)31-30(24-13-7-3-8-14-24)27-20-25(34-17-9-4-10-18-34)15-16-26(27)32(36)35(31)28(29-21-39-22-40-29)19-23-11-5-2-6-12-23/h2-3,5-8,11-16,20-21,28H,4,9-10,17-19,22H2,1H3. The minimum absolute atomic E-state index is 0.0568. The van der Waals surface area contributed by atoms with E-state index in [2.05, 4.69) is 11.0 Å². The number of carbonyl (C=O) groups excluding carboxylic acids is 1. The number of hydrogen-bond donors (Lipinski definition) is 0. The molecule has 2 aliphatic heterocycles.